The van der Waals surface area contributed by atoms with Crippen LogP contribution in [0.4, 0.5) is 20.2 Å². The number of nitrogens with zero attached hydrogens (tertiary/aromatic N) is 3. The number of halogens is 3. The summed E-state index contributed by atoms with van der Waals surface area (Å²) in [5, 5.41) is 20.6. The van der Waals surface area contributed by atoms with Gasteiger partial charge in [0.2, 0.25) is 0 Å². The zero-order valence-corrected chi connectivity index (χ0v) is 21.0. The Morgan fingerprint density at radius 2 is 2.11 bits per heavy atom. The normalized spacial score (nSPS) is 16.2. The molecule has 0 radical (unpaired) electrons. The summed E-state index contributed by atoms with van der Waals surface area (Å²) in [6, 6.07) is 3.42. The number of quaternary nitrogens is 1. The number of aliphatic carboxylic acids is 1. The number of pyridine rings is 1. The largest absolute Gasteiger partial charge is 0.478 e. The molecule has 3 N–H and O–H groups in total. The van der Waals surface area contributed by atoms with Crippen LogP contribution in [0.5, 0.6) is 5.88 Å². The van der Waals surface area contributed by atoms with Gasteiger partial charge in [-0.1, -0.05) is 37.6 Å². The smallest absolute Gasteiger partial charge is 0.333 e. The summed E-state index contributed by atoms with van der Waals surface area (Å²) < 4.78 is 34.2. The number of methoxy groups -OCH3 is 1. The van der Waals surface area contributed by atoms with Gasteiger partial charge in [-0.2, -0.15) is 10.6 Å². The van der Waals surface area contributed by atoms with Gasteiger partial charge in [0.05, 0.1) is 29.0 Å². The topological polar surface area (TPSA) is 94.9 Å². The highest BCUT2D eigenvalue weighted by Gasteiger charge is 2.34. The Labute approximate surface area is 217 Å². The second kappa shape index (κ2) is 11.1. The van der Waals surface area contributed by atoms with Crippen LogP contribution in [0.25, 0.3) is 5.57 Å². The zero-order valence-electron chi connectivity index (χ0n) is 19.4. The van der Waals surface area contributed by atoms with Crippen molar-refractivity contribution in [1.82, 2.24) is 14.0 Å². The Morgan fingerprint density at radius 3 is 2.72 bits per heavy atom. The molecule has 2 heterocycles. The van der Waals surface area contributed by atoms with Crippen LogP contribution < -0.4 is 14.3 Å². The van der Waals surface area contributed by atoms with Gasteiger partial charge >= 0.3 is 5.97 Å². The number of hydrogen-bond acceptors (Lipinski definition) is 7. The Hall–Kier alpha value is -3.38. The Balaban J connectivity index is 2.05. The lowest BCUT2D eigenvalue weighted by Crippen LogP contribution is -2.42. The lowest BCUT2D eigenvalue weighted by molar-refractivity contribution is -0.132. The second-order valence-corrected chi connectivity index (χ2v) is 8.62. The molecule has 0 saturated carbocycles. The second-order valence-electron chi connectivity index (χ2n) is 7.61. The fourth-order valence-electron chi connectivity index (χ4n) is 3.60. The number of allylic oxidation sites excluding steroid dienone is 3. The first-order valence-corrected chi connectivity index (χ1v) is 11.4. The third kappa shape index (κ3) is 5.54. The first-order chi connectivity index (χ1) is 17.0. The van der Waals surface area contributed by atoms with E-state index < -0.39 is 27.3 Å². The van der Waals surface area contributed by atoms with E-state index >= 15 is 4.39 Å². The van der Waals surface area contributed by atoms with Gasteiger partial charge in [0.1, 0.15) is 24.3 Å². The first kappa shape index (κ1) is 27.2. The van der Waals surface area contributed by atoms with Gasteiger partial charge < -0.3 is 14.7 Å². The molecule has 0 fully saturated rings. The van der Waals surface area contributed by atoms with E-state index in [-0.39, 0.29) is 33.4 Å². The van der Waals surface area contributed by atoms with Crippen molar-refractivity contribution >= 4 is 47.3 Å². The highest BCUT2D eigenvalue weighted by Crippen LogP contribution is 2.37. The van der Waals surface area contributed by atoms with Crippen molar-refractivity contribution in [1.29, 1.82) is 0 Å². The molecule has 2 aromatic rings. The number of carboxylic acids is 1. The summed E-state index contributed by atoms with van der Waals surface area (Å²) in [6.07, 6.45) is 7.77. The van der Waals surface area contributed by atoms with E-state index in [4.69, 9.17) is 16.3 Å². The Kier molecular flexibility index (Phi) is 8.41. The van der Waals surface area contributed by atoms with E-state index in [1.807, 2.05) is 6.92 Å². The van der Waals surface area contributed by atoms with Crippen LogP contribution in [-0.4, -0.2) is 33.3 Å². The van der Waals surface area contributed by atoms with Crippen LogP contribution in [0.2, 0.25) is 5.02 Å². The molecule has 1 aliphatic heterocycles. The molecule has 8 nitrogen and oxygen atoms in total. The van der Waals surface area contributed by atoms with Gasteiger partial charge in [-0.3, -0.25) is 0 Å². The number of benzene rings is 1. The van der Waals surface area contributed by atoms with Crippen molar-refractivity contribution in [2.24, 2.45) is 0 Å². The van der Waals surface area contributed by atoms with Crippen molar-refractivity contribution in [3.8, 4) is 5.88 Å². The molecule has 190 valence electrons. The molecular weight excluding hydrogens is 514 g/mol. The average Bonchev–Trinajstić information content (AvgIpc) is 2.84. The number of hydrogen-bond donors (Lipinski definition) is 4. The third-order valence-corrected chi connectivity index (χ3v) is 5.75. The standard InChI is InChI=1S/C24H23ClF2N4O4S/c1-4-6-16(24(32)33)19-10-7-14(13-30(19)5-2)21-17(26)8-9-18(22(21)27)29-31(34,36)20-11-15(25)12-28-23(20)35-3/h5,7-13,29,34,36H,2,4,6H2,1,3H3/p+1/b19-16+. The number of ether oxygens (including phenoxy) is 1. The molecule has 0 saturated heterocycles. The summed E-state index contributed by atoms with van der Waals surface area (Å²) in [5.74, 6) is -3.05. The highest BCUT2D eigenvalue weighted by molar-refractivity contribution is 7.79. The maximum Gasteiger partial charge on any atom is 0.333 e. The molecule has 0 bridgehead atoms. The molecule has 3 rings (SSSR count). The minimum absolute atomic E-state index is 0.0349. The van der Waals surface area contributed by atoms with Gasteiger partial charge in [0.15, 0.2) is 5.82 Å². The van der Waals surface area contributed by atoms with E-state index in [1.54, 1.807) is 0 Å². The monoisotopic (exact) mass is 537 g/mol. The van der Waals surface area contributed by atoms with E-state index in [0.29, 0.717) is 18.5 Å². The maximum atomic E-state index is 15.6. The summed E-state index contributed by atoms with van der Waals surface area (Å²) in [6.45, 7) is 5.52. The van der Waals surface area contributed by atoms with Crippen molar-refractivity contribution in [3.63, 3.8) is 0 Å². The van der Waals surface area contributed by atoms with Crippen molar-refractivity contribution in [2.45, 2.75) is 19.8 Å². The van der Waals surface area contributed by atoms with E-state index in [1.165, 1.54) is 48.8 Å². The van der Waals surface area contributed by atoms with Crippen LogP contribution in [0.3, 0.4) is 0 Å². The highest BCUT2D eigenvalue weighted by atomic mass is 35.5. The molecule has 1 aromatic heterocycles. The fraction of sp³-hybridized carbons (Fsp3) is 0.167. The summed E-state index contributed by atoms with van der Waals surface area (Å²) in [5.41, 5.74) is 2.27. The van der Waals surface area contributed by atoms with E-state index in [0.717, 1.165) is 12.1 Å². The van der Waals surface area contributed by atoms with E-state index in [9.17, 15) is 19.5 Å². The lowest BCUT2D eigenvalue weighted by Gasteiger charge is -2.26. The number of rotatable bonds is 9. The molecule has 1 unspecified atom stereocenters. The SMILES string of the molecule is C=CN1C=C(c2c(F)ccc(N[N+](O)(S)c3cc(Cl)cnc3OC)c2F)C=C/C1=C(/CCC)C(=O)O. The van der Waals surface area contributed by atoms with Gasteiger partial charge in [-0.25, -0.2) is 18.6 Å². The molecule has 1 atom stereocenters. The summed E-state index contributed by atoms with van der Waals surface area (Å²) in [4.78, 5) is 17.0. The number of carbonyl (C=O) groups is 1. The first-order valence-electron chi connectivity index (χ1n) is 10.6. The third-order valence-electron chi connectivity index (χ3n) is 5.23. The number of anilines is 1. The Bertz CT molecular complexity index is 1300. The molecular formula is C24H24ClF2N4O4S+. The quantitative estimate of drug-likeness (QED) is 0.133. The Morgan fingerprint density at radius 1 is 1.39 bits per heavy atom. The molecule has 36 heavy (non-hydrogen) atoms. The van der Waals surface area contributed by atoms with Crippen LogP contribution in [0.15, 0.2) is 66.8 Å². The average molecular weight is 538 g/mol. The van der Waals surface area contributed by atoms with Crippen molar-refractivity contribution < 1.29 is 28.6 Å². The predicted molar refractivity (Wildman–Crippen MR) is 137 cm³/mol. The number of thiol groups is 1. The molecule has 0 aliphatic carbocycles. The molecule has 12 heteroatoms. The van der Waals surface area contributed by atoms with Crippen LogP contribution >= 0.6 is 24.4 Å². The molecule has 0 amide bonds. The van der Waals surface area contributed by atoms with E-state index in [2.05, 4.69) is 29.8 Å². The predicted octanol–water partition coefficient (Wildman–Crippen LogP) is 6.09. The fourth-order valence-corrected chi connectivity index (χ4v) is 4.00. The van der Waals surface area contributed by atoms with Crippen LogP contribution in [0, 0.1) is 11.6 Å². The maximum absolute atomic E-state index is 15.6. The minimum Gasteiger partial charge on any atom is -0.478 e. The summed E-state index contributed by atoms with van der Waals surface area (Å²) in [7, 11) is 1.32. The summed E-state index contributed by atoms with van der Waals surface area (Å²) >= 11 is 10.1. The van der Waals surface area contributed by atoms with Gasteiger partial charge in [-0.15, -0.1) is 0 Å². The van der Waals surface area contributed by atoms with Crippen molar-refractivity contribution in [2.75, 3.05) is 12.5 Å². The van der Waals surface area contributed by atoms with Gasteiger partial charge in [0.25, 0.3) is 11.6 Å². The van der Waals surface area contributed by atoms with Crippen LogP contribution in [-0.2, 0) is 4.79 Å². The van der Waals surface area contributed by atoms with Crippen molar-refractivity contribution in [3.05, 3.63) is 89.0 Å². The molecule has 0 spiro atoms. The van der Waals surface area contributed by atoms with Gasteiger partial charge in [0, 0.05) is 34.4 Å². The number of nitrogens with one attached hydrogen (secondary N) is 1. The number of carboxylic acid groups (broad SMARTS) is 1. The lowest BCUT2D eigenvalue weighted by atomic mass is 9.99. The number of aromatic nitrogens is 1. The zero-order chi connectivity index (χ0) is 26.6. The minimum atomic E-state index is -1.42. The van der Waals surface area contributed by atoms with Crippen LogP contribution in [0.1, 0.15) is 25.3 Å². The van der Waals surface area contributed by atoms with Gasteiger partial charge in [-0.05, 0) is 24.6 Å². The molecule has 1 aromatic carbocycles. The molecule has 1 aliphatic rings.